The van der Waals surface area contributed by atoms with E-state index in [0.717, 1.165) is 46.1 Å². The van der Waals surface area contributed by atoms with Crippen molar-refractivity contribution in [3.8, 4) is 17.2 Å². The first-order chi connectivity index (χ1) is 14.3. The van der Waals surface area contributed by atoms with Crippen LogP contribution in [0.2, 0.25) is 0 Å². The van der Waals surface area contributed by atoms with Gasteiger partial charge in [-0.25, -0.2) is 5.01 Å². The molecule has 0 N–H and O–H groups in total. The van der Waals surface area contributed by atoms with Crippen molar-refractivity contribution >= 4 is 17.0 Å². The van der Waals surface area contributed by atoms with Crippen LogP contribution in [0.3, 0.4) is 0 Å². The van der Waals surface area contributed by atoms with Gasteiger partial charge in [-0.3, -0.25) is 0 Å². The van der Waals surface area contributed by atoms with Crippen LogP contribution in [0.15, 0.2) is 64.4 Å². The molecule has 148 valence electrons. The fourth-order valence-electron chi connectivity index (χ4n) is 3.95. The monoisotopic (exact) mass is 406 g/mol. The average molecular weight is 407 g/mol. The lowest BCUT2D eigenvalue weighted by atomic mass is 9.95. The molecule has 29 heavy (non-hydrogen) atoms. The zero-order valence-corrected chi connectivity index (χ0v) is 17.2. The molecular formula is C23H22N2O3S. The largest absolute Gasteiger partial charge is 0.497 e. The second-order valence-electron chi connectivity index (χ2n) is 7.01. The fourth-order valence-corrected chi connectivity index (χ4v) is 4.61. The lowest BCUT2D eigenvalue weighted by Gasteiger charge is -2.38. The summed E-state index contributed by atoms with van der Waals surface area (Å²) in [7, 11) is 1.68. The van der Waals surface area contributed by atoms with E-state index < -0.39 is 0 Å². The third-order valence-corrected chi connectivity index (χ3v) is 6.03. The van der Waals surface area contributed by atoms with Gasteiger partial charge < -0.3 is 14.2 Å². The molecule has 3 heterocycles. The van der Waals surface area contributed by atoms with Crippen LogP contribution >= 0.6 is 11.3 Å². The number of nitrogens with zero attached hydrogens (tertiary/aromatic N) is 2. The zero-order valence-electron chi connectivity index (χ0n) is 16.4. The summed E-state index contributed by atoms with van der Waals surface area (Å²) in [6, 6.07) is 16.4. The summed E-state index contributed by atoms with van der Waals surface area (Å²) in [5, 5.41) is 11.3. The van der Waals surface area contributed by atoms with Crippen molar-refractivity contribution in [3.05, 3.63) is 76.0 Å². The molecule has 2 aromatic carbocycles. The molecule has 2 atom stereocenters. The Morgan fingerprint density at radius 3 is 2.76 bits per heavy atom. The number of methoxy groups -OCH3 is 1. The highest BCUT2D eigenvalue weighted by atomic mass is 32.1. The molecule has 6 heteroatoms. The minimum Gasteiger partial charge on any atom is -0.497 e. The number of ether oxygens (including phenoxy) is 3. The van der Waals surface area contributed by atoms with Gasteiger partial charge in [0.2, 0.25) is 6.23 Å². The summed E-state index contributed by atoms with van der Waals surface area (Å²) < 4.78 is 17.6. The van der Waals surface area contributed by atoms with Crippen LogP contribution in [0.5, 0.6) is 17.2 Å². The van der Waals surface area contributed by atoms with Crippen molar-refractivity contribution in [3.63, 3.8) is 0 Å². The summed E-state index contributed by atoms with van der Waals surface area (Å²) >= 11 is 1.66. The molecule has 0 aliphatic carbocycles. The molecule has 0 amide bonds. The highest BCUT2D eigenvalue weighted by molar-refractivity contribution is 7.07. The maximum atomic E-state index is 6.48. The summed E-state index contributed by atoms with van der Waals surface area (Å²) in [6.45, 7) is 2.59. The van der Waals surface area contributed by atoms with Gasteiger partial charge in [0.25, 0.3) is 0 Å². The topological polar surface area (TPSA) is 43.3 Å². The van der Waals surface area contributed by atoms with Gasteiger partial charge in [-0.15, -0.1) is 0 Å². The van der Waals surface area contributed by atoms with Crippen LogP contribution in [0.4, 0.5) is 0 Å². The van der Waals surface area contributed by atoms with Crippen molar-refractivity contribution in [2.45, 2.75) is 25.6 Å². The smallest absolute Gasteiger partial charge is 0.214 e. The fraction of sp³-hybridized carbons (Fsp3) is 0.261. The van der Waals surface area contributed by atoms with Gasteiger partial charge in [0.15, 0.2) is 11.5 Å². The standard InChI is InChI=1S/C23H22N2O3S/c1-3-27-21-6-4-5-18-20-13-19(15-7-9-17(26-2)10-8-15)24-25(20)23(28-22(18)21)16-11-12-29-14-16/h4-12,14,20,23H,3,13H2,1-2H3/t20-,23-/m1/s1. The lowest BCUT2D eigenvalue weighted by molar-refractivity contribution is -0.0209. The Labute approximate surface area is 174 Å². The Morgan fingerprint density at radius 1 is 1.17 bits per heavy atom. The maximum Gasteiger partial charge on any atom is 0.214 e. The Morgan fingerprint density at radius 2 is 2.03 bits per heavy atom. The SMILES string of the molecule is CCOc1cccc2c1O[C@H](c1ccsc1)N1N=C(c3ccc(OC)cc3)C[C@H]21. The first-order valence-electron chi connectivity index (χ1n) is 9.73. The van der Waals surface area contributed by atoms with Crippen LogP contribution in [0.1, 0.15) is 42.3 Å². The molecule has 5 rings (SSSR count). The van der Waals surface area contributed by atoms with Crippen LogP contribution in [0.25, 0.3) is 0 Å². The van der Waals surface area contributed by atoms with Crippen LogP contribution in [0, 0.1) is 0 Å². The van der Waals surface area contributed by atoms with Gasteiger partial charge in [-0.1, -0.05) is 12.1 Å². The normalized spacial score (nSPS) is 19.8. The second-order valence-corrected chi connectivity index (χ2v) is 7.79. The molecule has 3 aromatic rings. The van der Waals surface area contributed by atoms with Crippen LogP contribution in [-0.2, 0) is 0 Å². The van der Waals surface area contributed by atoms with Gasteiger partial charge in [0.05, 0.1) is 25.5 Å². The maximum absolute atomic E-state index is 6.48. The number of hydrogen-bond donors (Lipinski definition) is 0. The van der Waals surface area contributed by atoms with Gasteiger partial charge in [0, 0.05) is 17.5 Å². The number of hydrogen-bond acceptors (Lipinski definition) is 6. The minimum absolute atomic E-state index is 0.112. The molecule has 2 aliphatic rings. The predicted octanol–water partition coefficient (Wildman–Crippen LogP) is 5.40. The molecular weight excluding hydrogens is 384 g/mol. The van der Waals surface area contributed by atoms with Gasteiger partial charge >= 0.3 is 0 Å². The number of hydrazone groups is 1. The van der Waals surface area contributed by atoms with Crippen molar-refractivity contribution in [2.24, 2.45) is 5.10 Å². The van der Waals surface area contributed by atoms with E-state index in [0.29, 0.717) is 6.61 Å². The molecule has 5 nitrogen and oxygen atoms in total. The second kappa shape index (κ2) is 7.44. The Bertz CT molecular complexity index is 1030. The molecule has 0 fully saturated rings. The summed E-state index contributed by atoms with van der Waals surface area (Å²) in [4.78, 5) is 0. The molecule has 0 bridgehead atoms. The average Bonchev–Trinajstić information content (AvgIpc) is 3.44. The molecule has 0 unspecified atom stereocenters. The summed E-state index contributed by atoms with van der Waals surface area (Å²) in [6.07, 6.45) is 0.551. The number of fused-ring (bicyclic) bond motifs is 3. The highest BCUT2D eigenvalue weighted by Crippen LogP contribution is 2.50. The molecule has 0 saturated carbocycles. The highest BCUT2D eigenvalue weighted by Gasteiger charge is 2.42. The lowest BCUT2D eigenvalue weighted by Crippen LogP contribution is -2.33. The van der Waals surface area contributed by atoms with Crippen molar-refractivity contribution in [2.75, 3.05) is 13.7 Å². The molecule has 0 radical (unpaired) electrons. The number of rotatable bonds is 5. The number of thiophene rings is 1. The van der Waals surface area contributed by atoms with Crippen molar-refractivity contribution in [1.29, 1.82) is 0 Å². The Hall–Kier alpha value is -2.99. The van der Waals surface area contributed by atoms with Gasteiger partial charge in [-0.05, 0) is 59.6 Å². The molecule has 0 spiro atoms. The predicted molar refractivity (Wildman–Crippen MR) is 114 cm³/mol. The summed E-state index contributed by atoms with van der Waals surface area (Å²) in [5.41, 5.74) is 4.38. The van der Waals surface area contributed by atoms with E-state index in [1.807, 2.05) is 31.2 Å². The number of benzene rings is 2. The van der Waals surface area contributed by atoms with Gasteiger partial charge in [0.1, 0.15) is 5.75 Å². The summed E-state index contributed by atoms with van der Waals surface area (Å²) in [5.74, 6) is 2.47. The third kappa shape index (κ3) is 3.13. The van der Waals surface area contributed by atoms with Crippen LogP contribution in [-0.4, -0.2) is 24.4 Å². The zero-order chi connectivity index (χ0) is 19.8. The molecule has 0 saturated heterocycles. The van der Waals surface area contributed by atoms with Crippen LogP contribution < -0.4 is 14.2 Å². The third-order valence-electron chi connectivity index (χ3n) is 5.33. The van der Waals surface area contributed by atoms with E-state index >= 15 is 0 Å². The Balaban J connectivity index is 1.57. The van der Waals surface area contributed by atoms with E-state index in [1.165, 1.54) is 0 Å². The first kappa shape index (κ1) is 18.1. The first-order valence-corrected chi connectivity index (χ1v) is 10.7. The van der Waals surface area contributed by atoms with Crippen molar-refractivity contribution < 1.29 is 14.2 Å². The van der Waals surface area contributed by atoms with E-state index in [2.05, 4.69) is 40.0 Å². The number of para-hydroxylation sites is 1. The molecule has 2 aliphatic heterocycles. The van der Waals surface area contributed by atoms with E-state index in [9.17, 15) is 0 Å². The quantitative estimate of drug-likeness (QED) is 0.569. The molecule has 1 aromatic heterocycles. The van der Waals surface area contributed by atoms with E-state index in [-0.39, 0.29) is 12.3 Å². The van der Waals surface area contributed by atoms with E-state index in [1.54, 1.807) is 18.4 Å². The van der Waals surface area contributed by atoms with Gasteiger partial charge in [-0.2, -0.15) is 16.4 Å². The van der Waals surface area contributed by atoms with E-state index in [4.69, 9.17) is 19.3 Å². The minimum atomic E-state index is -0.267. The Kier molecular flexibility index (Phi) is 4.64. The van der Waals surface area contributed by atoms with Crippen molar-refractivity contribution in [1.82, 2.24) is 5.01 Å².